The Balaban J connectivity index is 1.57. The van der Waals surface area contributed by atoms with E-state index in [2.05, 4.69) is 5.32 Å². The van der Waals surface area contributed by atoms with Gasteiger partial charge in [-0.25, -0.2) is 4.98 Å². The van der Waals surface area contributed by atoms with Gasteiger partial charge in [-0.15, -0.1) is 11.3 Å². The molecule has 0 aliphatic heterocycles. The molecule has 3 aromatic rings. The number of thiophene rings is 1. The first-order chi connectivity index (χ1) is 15.5. The minimum absolute atomic E-state index is 0.00405. The lowest BCUT2D eigenvalue weighted by Crippen LogP contribution is -2.38. The van der Waals surface area contributed by atoms with E-state index >= 15 is 0 Å². The number of thioether (sulfide) groups is 1. The van der Waals surface area contributed by atoms with Gasteiger partial charge in [-0.3, -0.25) is 14.2 Å². The first-order valence-corrected chi connectivity index (χ1v) is 13.4. The van der Waals surface area contributed by atoms with Gasteiger partial charge >= 0.3 is 0 Å². The van der Waals surface area contributed by atoms with Crippen molar-refractivity contribution in [2.75, 3.05) is 0 Å². The molecule has 2 aromatic heterocycles. The molecule has 1 amide bonds. The summed E-state index contributed by atoms with van der Waals surface area (Å²) in [5, 5.41) is 4.72. The van der Waals surface area contributed by atoms with Crippen LogP contribution in [-0.2, 0) is 17.6 Å². The number of carbonyl (C=O) groups is 1. The number of fused-ring (bicyclic) bond motifs is 3. The first-order valence-electron chi connectivity index (χ1n) is 11.3. The molecule has 32 heavy (non-hydrogen) atoms. The molecule has 1 unspecified atom stereocenters. The molecule has 168 valence electrons. The number of halogens is 1. The Morgan fingerprint density at radius 2 is 1.91 bits per heavy atom. The van der Waals surface area contributed by atoms with Crippen LogP contribution in [0.4, 0.5) is 0 Å². The monoisotopic (exact) mass is 487 g/mol. The maximum Gasteiger partial charge on any atom is 0.267 e. The lowest BCUT2D eigenvalue weighted by atomic mass is 9.97. The molecule has 1 fully saturated rings. The third-order valence-corrected chi connectivity index (χ3v) is 8.89. The van der Waals surface area contributed by atoms with Gasteiger partial charge in [0.05, 0.1) is 16.3 Å². The lowest BCUT2D eigenvalue weighted by Gasteiger charge is -2.18. The summed E-state index contributed by atoms with van der Waals surface area (Å²) >= 11 is 9.08. The maximum atomic E-state index is 13.8. The van der Waals surface area contributed by atoms with Crippen molar-refractivity contribution in [2.24, 2.45) is 0 Å². The number of nitrogens with one attached hydrogen (secondary N) is 1. The third kappa shape index (κ3) is 4.22. The van der Waals surface area contributed by atoms with Crippen molar-refractivity contribution in [1.82, 2.24) is 14.9 Å². The molecule has 5 nitrogen and oxygen atoms in total. The molecule has 1 saturated carbocycles. The van der Waals surface area contributed by atoms with Crippen LogP contribution >= 0.6 is 34.7 Å². The Bertz CT molecular complexity index is 1210. The third-order valence-electron chi connectivity index (χ3n) is 6.40. The summed E-state index contributed by atoms with van der Waals surface area (Å²) in [4.78, 5) is 33.6. The van der Waals surface area contributed by atoms with Crippen LogP contribution in [0, 0.1) is 0 Å². The van der Waals surface area contributed by atoms with Crippen LogP contribution in [0.3, 0.4) is 0 Å². The van der Waals surface area contributed by atoms with E-state index in [0.29, 0.717) is 10.2 Å². The summed E-state index contributed by atoms with van der Waals surface area (Å²) in [7, 11) is 0. The number of nitrogens with zero attached hydrogens (tertiary/aromatic N) is 2. The van der Waals surface area contributed by atoms with E-state index in [1.165, 1.54) is 35.0 Å². The van der Waals surface area contributed by atoms with Crippen LogP contribution in [0.25, 0.3) is 15.9 Å². The maximum absolute atomic E-state index is 13.8. The number of aromatic nitrogens is 2. The fourth-order valence-electron chi connectivity index (χ4n) is 4.68. The first kappa shape index (κ1) is 22.0. The largest absolute Gasteiger partial charge is 0.352 e. The Morgan fingerprint density at radius 1 is 1.19 bits per heavy atom. The Kier molecular flexibility index (Phi) is 6.32. The lowest BCUT2D eigenvalue weighted by molar-refractivity contribution is -0.120. The van der Waals surface area contributed by atoms with Crippen molar-refractivity contribution in [3.63, 3.8) is 0 Å². The summed E-state index contributed by atoms with van der Waals surface area (Å²) in [6.07, 6.45) is 8.64. The zero-order valence-corrected chi connectivity index (χ0v) is 20.4. The number of hydrogen-bond donors (Lipinski definition) is 1. The van der Waals surface area contributed by atoms with E-state index in [4.69, 9.17) is 16.6 Å². The van der Waals surface area contributed by atoms with Gasteiger partial charge < -0.3 is 5.32 Å². The summed E-state index contributed by atoms with van der Waals surface area (Å²) in [6.45, 7) is 1.89. The second kappa shape index (κ2) is 9.20. The van der Waals surface area contributed by atoms with Gasteiger partial charge in [0.15, 0.2) is 5.16 Å². The van der Waals surface area contributed by atoms with Gasteiger partial charge in [0.25, 0.3) is 5.56 Å². The zero-order valence-electron chi connectivity index (χ0n) is 18.0. The van der Waals surface area contributed by atoms with E-state index in [1.807, 2.05) is 19.1 Å². The SMILES string of the molecule is CC(Sc1nc2sc3c(c2c(=O)n1-c1ccc(Cl)cc1)CCCC3)C(=O)NC1CCCC1. The number of amides is 1. The Morgan fingerprint density at radius 3 is 2.66 bits per heavy atom. The Hall–Kier alpha value is -1.83. The van der Waals surface area contributed by atoms with Crippen LogP contribution < -0.4 is 10.9 Å². The average Bonchev–Trinajstić information content (AvgIpc) is 3.42. The summed E-state index contributed by atoms with van der Waals surface area (Å²) in [6, 6.07) is 7.50. The number of aryl methyl sites for hydroxylation is 2. The normalized spacial score (nSPS) is 17.4. The topological polar surface area (TPSA) is 64.0 Å². The summed E-state index contributed by atoms with van der Waals surface area (Å²) < 4.78 is 1.66. The molecule has 2 aliphatic rings. The smallest absolute Gasteiger partial charge is 0.267 e. The fraction of sp³-hybridized carbons (Fsp3) is 0.458. The van der Waals surface area contributed by atoms with E-state index < -0.39 is 0 Å². The average molecular weight is 488 g/mol. The van der Waals surface area contributed by atoms with Crippen molar-refractivity contribution in [3.05, 3.63) is 50.1 Å². The Labute approximate surface area is 200 Å². The quantitative estimate of drug-likeness (QED) is 0.380. The highest BCUT2D eigenvalue weighted by atomic mass is 35.5. The van der Waals surface area contributed by atoms with Gasteiger partial charge in [-0.1, -0.05) is 36.2 Å². The van der Waals surface area contributed by atoms with Gasteiger partial charge in [-0.2, -0.15) is 0 Å². The van der Waals surface area contributed by atoms with Gasteiger partial charge in [0.2, 0.25) is 5.91 Å². The number of carbonyl (C=O) groups excluding carboxylic acids is 1. The molecular formula is C24H26ClN3O2S2. The number of rotatable bonds is 5. The zero-order chi connectivity index (χ0) is 22.2. The highest BCUT2D eigenvalue weighted by Crippen LogP contribution is 2.36. The molecule has 2 aliphatic carbocycles. The number of benzene rings is 1. The predicted octanol–water partition coefficient (Wildman–Crippen LogP) is 5.52. The standard InChI is InChI=1S/C24H26ClN3O2S2/c1-14(21(29)26-16-6-2-3-7-16)31-24-27-22-20(18-8-4-5-9-19(18)32-22)23(30)28(24)17-12-10-15(25)11-13-17/h10-14,16H,2-9H2,1H3,(H,26,29). The molecule has 1 aromatic carbocycles. The highest BCUT2D eigenvalue weighted by molar-refractivity contribution is 8.00. The van der Waals surface area contributed by atoms with E-state index in [9.17, 15) is 9.59 Å². The van der Waals surface area contributed by atoms with Crippen LogP contribution in [0.1, 0.15) is 55.9 Å². The van der Waals surface area contributed by atoms with E-state index in [-0.39, 0.29) is 22.8 Å². The molecule has 0 radical (unpaired) electrons. The van der Waals surface area contributed by atoms with E-state index in [0.717, 1.165) is 54.4 Å². The van der Waals surface area contributed by atoms with Crippen molar-refractivity contribution >= 4 is 50.8 Å². The fourth-order valence-corrected chi connectivity index (χ4v) is 7.05. The predicted molar refractivity (Wildman–Crippen MR) is 133 cm³/mol. The second-order valence-corrected chi connectivity index (χ2v) is 11.5. The molecule has 1 atom stereocenters. The molecule has 5 rings (SSSR count). The second-order valence-electron chi connectivity index (χ2n) is 8.65. The molecule has 1 N–H and O–H groups in total. The minimum Gasteiger partial charge on any atom is -0.352 e. The molecular weight excluding hydrogens is 462 g/mol. The molecule has 2 heterocycles. The van der Waals surface area contributed by atoms with Crippen molar-refractivity contribution in [3.8, 4) is 5.69 Å². The highest BCUT2D eigenvalue weighted by Gasteiger charge is 2.26. The molecule has 8 heteroatoms. The van der Waals surface area contributed by atoms with Crippen molar-refractivity contribution in [2.45, 2.75) is 74.7 Å². The van der Waals surface area contributed by atoms with Crippen molar-refractivity contribution in [1.29, 1.82) is 0 Å². The van der Waals surface area contributed by atoms with Gasteiger partial charge in [0.1, 0.15) is 4.83 Å². The van der Waals surface area contributed by atoms with Crippen LogP contribution in [0.2, 0.25) is 5.02 Å². The van der Waals surface area contributed by atoms with Crippen molar-refractivity contribution < 1.29 is 4.79 Å². The van der Waals surface area contributed by atoms with Crippen LogP contribution in [-0.4, -0.2) is 26.8 Å². The number of hydrogen-bond acceptors (Lipinski definition) is 5. The molecule has 0 saturated heterocycles. The molecule has 0 bridgehead atoms. The summed E-state index contributed by atoms with van der Waals surface area (Å²) in [5.41, 5.74) is 1.83. The minimum atomic E-state index is -0.354. The summed E-state index contributed by atoms with van der Waals surface area (Å²) in [5.74, 6) is 0.00405. The van der Waals surface area contributed by atoms with Crippen LogP contribution in [0.15, 0.2) is 34.2 Å². The van der Waals surface area contributed by atoms with Gasteiger partial charge in [-0.05, 0) is 75.3 Å². The van der Waals surface area contributed by atoms with Gasteiger partial charge in [0, 0.05) is 15.9 Å². The van der Waals surface area contributed by atoms with Crippen LogP contribution in [0.5, 0.6) is 0 Å². The molecule has 0 spiro atoms. The van der Waals surface area contributed by atoms with E-state index in [1.54, 1.807) is 28.0 Å².